The van der Waals surface area contributed by atoms with Gasteiger partial charge in [0.15, 0.2) is 0 Å². The molecule has 1 aromatic rings. The van der Waals surface area contributed by atoms with Gasteiger partial charge in [0.25, 0.3) is 0 Å². The third-order valence-electron chi connectivity index (χ3n) is 4.48. The Kier molecular flexibility index (Phi) is 4.30. The van der Waals surface area contributed by atoms with E-state index < -0.39 is 0 Å². The molecule has 1 aliphatic carbocycles. The van der Waals surface area contributed by atoms with Crippen molar-refractivity contribution in [2.75, 3.05) is 13.1 Å². The van der Waals surface area contributed by atoms with Gasteiger partial charge in [-0.05, 0) is 50.1 Å². The molecule has 0 atom stereocenters. The SMILES string of the molecule is Cc1cc(C)cc(C2(CNCC(C)C)CC(C)(C)C2)c1. The van der Waals surface area contributed by atoms with Gasteiger partial charge in [-0.2, -0.15) is 0 Å². The van der Waals surface area contributed by atoms with Gasteiger partial charge in [-0.15, -0.1) is 0 Å². The maximum absolute atomic E-state index is 3.70. The summed E-state index contributed by atoms with van der Waals surface area (Å²) in [6.45, 7) is 16.0. The van der Waals surface area contributed by atoms with Crippen molar-refractivity contribution in [1.82, 2.24) is 5.32 Å². The van der Waals surface area contributed by atoms with Crippen molar-refractivity contribution in [2.24, 2.45) is 11.3 Å². The summed E-state index contributed by atoms with van der Waals surface area (Å²) in [4.78, 5) is 0. The van der Waals surface area contributed by atoms with E-state index in [9.17, 15) is 0 Å². The summed E-state index contributed by atoms with van der Waals surface area (Å²) < 4.78 is 0. The Morgan fingerprint density at radius 2 is 1.60 bits per heavy atom. The summed E-state index contributed by atoms with van der Waals surface area (Å²) in [5.41, 5.74) is 5.19. The van der Waals surface area contributed by atoms with Gasteiger partial charge in [-0.3, -0.25) is 0 Å². The maximum Gasteiger partial charge on any atom is 0.00881 e. The molecule has 0 aromatic heterocycles. The minimum absolute atomic E-state index is 0.356. The van der Waals surface area contributed by atoms with Gasteiger partial charge in [0, 0.05) is 12.0 Å². The maximum atomic E-state index is 3.70. The first kappa shape index (κ1) is 15.6. The molecule has 1 nitrogen and oxygen atoms in total. The van der Waals surface area contributed by atoms with Crippen LogP contribution in [0.1, 0.15) is 57.2 Å². The fourth-order valence-electron chi connectivity index (χ4n) is 4.09. The largest absolute Gasteiger partial charge is 0.316 e. The molecule has 1 heteroatoms. The molecule has 0 unspecified atom stereocenters. The normalized spacial score (nSPS) is 19.9. The van der Waals surface area contributed by atoms with Crippen LogP contribution < -0.4 is 5.32 Å². The molecule has 0 heterocycles. The Morgan fingerprint density at radius 3 is 2.05 bits per heavy atom. The van der Waals surface area contributed by atoms with Gasteiger partial charge >= 0.3 is 0 Å². The predicted octanol–water partition coefficient (Wildman–Crippen LogP) is 4.61. The molecule has 0 aliphatic heterocycles. The van der Waals surface area contributed by atoms with Crippen molar-refractivity contribution in [3.8, 4) is 0 Å². The standard InChI is InChI=1S/C19H31N/c1-14(2)10-20-13-19(11-18(5,6)12-19)17-8-15(3)7-16(4)9-17/h7-9,14,20H,10-13H2,1-6H3. The van der Waals surface area contributed by atoms with Gasteiger partial charge in [-0.1, -0.05) is 57.0 Å². The van der Waals surface area contributed by atoms with E-state index in [0.717, 1.165) is 19.0 Å². The van der Waals surface area contributed by atoms with Crippen molar-refractivity contribution in [3.63, 3.8) is 0 Å². The van der Waals surface area contributed by atoms with E-state index in [1.54, 1.807) is 5.56 Å². The molecule has 1 aliphatic rings. The van der Waals surface area contributed by atoms with Crippen LogP contribution in [0.4, 0.5) is 0 Å². The van der Waals surface area contributed by atoms with E-state index in [1.807, 2.05) is 0 Å². The molecular weight excluding hydrogens is 242 g/mol. The lowest BCUT2D eigenvalue weighted by molar-refractivity contribution is 0.0558. The summed E-state index contributed by atoms with van der Waals surface area (Å²) in [6, 6.07) is 7.08. The number of hydrogen-bond donors (Lipinski definition) is 1. The zero-order valence-corrected chi connectivity index (χ0v) is 14.1. The fraction of sp³-hybridized carbons (Fsp3) is 0.684. The van der Waals surface area contributed by atoms with E-state index in [-0.39, 0.29) is 0 Å². The molecule has 0 spiro atoms. The second-order valence-electron chi connectivity index (χ2n) is 8.20. The van der Waals surface area contributed by atoms with Crippen LogP contribution in [0.15, 0.2) is 18.2 Å². The molecule has 1 N–H and O–H groups in total. The highest BCUT2D eigenvalue weighted by Gasteiger charge is 2.49. The van der Waals surface area contributed by atoms with Gasteiger partial charge in [0.05, 0.1) is 0 Å². The van der Waals surface area contributed by atoms with Gasteiger partial charge in [0.2, 0.25) is 0 Å². The quantitative estimate of drug-likeness (QED) is 0.826. The van der Waals surface area contributed by atoms with Gasteiger partial charge < -0.3 is 5.32 Å². The highest BCUT2D eigenvalue weighted by Crippen LogP contribution is 2.55. The van der Waals surface area contributed by atoms with Crippen LogP contribution in [0.25, 0.3) is 0 Å². The number of hydrogen-bond acceptors (Lipinski definition) is 1. The molecule has 0 bridgehead atoms. The van der Waals surface area contributed by atoms with Gasteiger partial charge in [0.1, 0.15) is 0 Å². The lowest BCUT2D eigenvalue weighted by Crippen LogP contribution is -2.53. The first-order valence-corrected chi connectivity index (χ1v) is 8.02. The molecule has 1 saturated carbocycles. The van der Waals surface area contributed by atoms with Crippen LogP contribution >= 0.6 is 0 Å². The third kappa shape index (κ3) is 3.44. The summed E-state index contributed by atoms with van der Waals surface area (Å²) in [6.07, 6.45) is 2.60. The summed E-state index contributed by atoms with van der Waals surface area (Å²) in [7, 11) is 0. The van der Waals surface area contributed by atoms with Crippen LogP contribution in [0, 0.1) is 25.2 Å². The number of benzene rings is 1. The summed E-state index contributed by atoms with van der Waals surface area (Å²) >= 11 is 0. The number of aryl methyl sites for hydroxylation is 2. The van der Waals surface area contributed by atoms with E-state index in [0.29, 0.717) is 10.8 Å². The Labute approximate surface area is 125 Å². The van der Waals surface area contributed by atoms with Crippen molar-refractivity contribution >= 4 is 0 Å². The topological polar surface area (TPSA) is 12.0 Å². The van der Waals surface area contributed by atoms with E-state index >= 15 is 0 Å². The predicted molar refractivity (Wildman–Crippen MR) is 88.3 cm³/mol. The lowest BCUT2D eigenvalue weighted by Gasteiger charge is -2.54. The van der Waals surface area contributed by atoms with Crippen LogP contribution in [0.3, 0.4) is 0 Å². The molecule has 0 radical (unpaired) electrons. The molecular formula is C19H31N. The Bertz CT molecular complexity index is 442. The molecule has 112 valence electrons. The highest BCUT2D eigenvalue weighted by molar-refractivity contribution is 5.37. The molecule has 1 aromatic carbocycles. The molecule has 2 rings (SSSR count). The number of rotatable bonds is 5. The van der Waals surface area contributed by atoms with Crippen molar-refractivity contribution in [3.05, 3.63) is 34.9 Å². The van der Waals surface area contributed by atoms with Gasteiger partial charge in [-0.25, -0.2) is 0 Å². The molecule has 20 heavy (non-hydrogen) atoms. The highest BCUT2D eigenvalue weighted by atomic mass is 14.9. The van der Waals surface area contributed by atoms with Crippen LogP contribution in [0.2, 0.25) is 0 Å². The zero-order valence-electron chi connectivity index (χ0n) is 14.1. The van der Waals surface area contributed by atoms with Crippen molar-refractivity contribution in [2.45, 2.75) is 59.8 Å². The monoisotopic (exact) mass is 273 g/mol. The van der Waals surface area contributed by atoms with Crippen LogP contribution in [-0.2, 0) is 5.41 Å². The first-order valence-electron chi connectivity index (χ1n) is 8.02. The zero-order chi connectivity index (χ0) is 15.0. The first-order chi connectivity index (χ1) is 9.22. The third-order valence-corrected chi connectivity index (χ3v) is 4.48. The fourth-order valence-corrected chi connectivity index (χ4v) is 4.09. The summed E-state index contributed by atoms with van der Waals surface area (Å²) in [5, 5.41) is 3.70. The molecule has 1 fully saturated rings. The average molecular weight is 273 g/mol. The lowest BCUT2D eigenvalue weighted by atomic mass is 9.51. The Balaban J connectivity index is 2.19. The Hall–Kier alpha value is -0.820. The second kappa shape index (κ2) is 5.52. The van der Waals surface area contributed by atoms with E-state index in [4.69, 9.17) is 0 Å². The minimum Gasteiger partial charge on any atom is -0.316 e. The second-order valence-corrected chi connectivity index (χ2v) is 8.20. The van der Waals surface area contributed by atoms with Crippen LogP contribution in [-0.4, -0.2) is 13.1 Å². The Morgan fingerprint density at radius 1 is 1.05 bits per heavy atom. The van der Waals surface area contributed by atoms with E-state index in [1.165, 1.54) is 24.0 Å². The van der Waals surface area contributed by atoms with Crippen molar-refractivity contribution < 1.29 is 0 Å². The van der Waals surface area contributed by atoms with E-state index in [2.05, 4.69) is 65.1 Å². The molecule has 0 amide bonds. The smallest absolute Gasteiger partial charge is 0.00881 e. The minimum atomic E-state index is 0.356. The van der Waals surface area contributed by atoms with Crippen LogP contribution in [0.5, 0.6) is 0 Å². The molecule has 0 saturated heterocycles. The van der Waals surface area contributed by atoms with Crippen molar-refractivity contribution in [1.29, 1.82) is 0 Å². The summed E-state index contributed by atoms with van der Waals surface area (Å²) in [5.74, 6) is 0.722. The average Bonchev–Trinajstić information content (AvgIpc) is 2.24. The number of nitrogens with one attached hydrogen (secondary N) is 1.